The third-order valence-electron chi connectivity index (χ3n) is 3.99. The molecule has 1 aliphatic rings. The van der Waals surface area contributed by atoms with E-state index in [0.717, 1.165) is 5.03 Å². The summed E-state index contributed by atoms with van der Waals surface area (Å²) in [6.45, 7) is 4.31. The number of fused-ring (bicyclic) bond motifs is 1. The molecule has 1 atom stereocenters. The fourth-order valence-corrected chi connectivity index (χ4v) is 3.22. The summed E-state index contributed by atoms with van der Waals surface area (Å²) >= 11 is 6.65. The van der Waals surface area contributed by atoms with Crippen molar-refractivity contribution in [3.05, 3.63) is 76.3 Å². The van der Waals surface area contributed by atoms with Crippen molar-refractivity contribution >= 4 is 17.2 Å². The summed E-state index contributed by atoms with van der Waals surface area (Å²) in [6, 6.07) is 19.0. The van der Waals surface area contributed by atoms with Crippen LogP contribution in [0.25, 0.3) is 5.57 Å². The minimum absolute atomic E-state index is 0.205. The Morgan fingerprint density at radius 1 is 0.889 bits per heavy atom. The fraction of sp³-hybridized carbons (Fsp3) is 0.176. The van der Waals surface area contributed by atoms with Crippen LogP contribution in [0.4, 0.5) is 0 Å². The van der Waals surface area contributed by atoms with Crippen LogP contribution < -0.4 is 0 Å². The van der Waals surface area contributed by atoms with Gasteiger partial charge in [-0.1, -0.05) is 66.2 Å². The zero-order valence-corrected chi connectivity index (χ0v) is 11.3. The van der Waals surface area contributed by atoms with Crippen molar-refractivity contribution in [2.45, 2.75) is 19.3 Å². The van der Waals surface area contributed by atoms with Crippen LogP contribution >= 0.6 is 11.6 Å². The molecular weight excluding hydrogens is 240 g/mol. The zero-order chi connectivity index (χ0) is 12.8. The van der Waals surface area contributed by atoms with E-state index in [1.165, 1.54) is 22.3 Å². The summed E-state index contributed by atoms with van der Waals surface area (Å²) in [7, 11) is 0. The van der Waals surface area contributed by atoms with Crippen LogP contribution in [0.1, 0.15) is 30.5 Å². The Bertz CT molecular complexity index is 625. The summed E-state index contributed by atoms with van der Waals surface area (Å²) in [5.41, 5.74) is 4.81. The molecule has 1 aliphatic carbocycles. The lowest BCUT2D eigenvalue weighted by atomic mass is 9.78. The van der Waals surface area contributed by atoms with Crippen LogP contribution in [0.5, 0.6) is 0 Å². The summed E-state index contributed by atoms with van der Waals surface area (Å²) in [5, 5.41) is 0.940. The predicted molar refractivity (Wildman–Crippen MR) is 77.8 cm³/mol. The highest BCUT2D eigenvalue weighted by Crippen LogP contribution is 2.51. The Balaban J connectivity index is 2.31. The van der Waals surface area contributed by atoms with Gasteiger partial charge in [0.1, 0.15) is 0 Å². The van der Waals surface area contributed by atoms with Crippen molar-refractivity contribution in [1.29, 1.82) is 0 Å². The largest absolute Gasteiger partial charge is 0.0875 e. The summed E-state index contributed by atoms with van der Waals surface area (Å²) in [5.74, 6) is 0. The highest BCUT2D eigenvalue weighted by molar-refractivity contribution is 6.35. The predicted octanol–water partition coefficient (Wildman–Crippen LogP) is 4.98. The maximum atomic E-state index is 6.65. The van der Waals surface area contributed by atoms with Crippen LogP contribution in [0.2, 0.25) is 0 Å². The Morgan fingerprint density at radius 2 is 1.50 bits per heavy atom. The highest BCUT2D eigenvalue weighted by Gasteiger charge is 2.40. The molecular formula is C17H15Cl. The molecule has 0 radical (unpaired) electrons. The lowest BCUT2D eigenvalue weighted by Gasteiger charge is -2.27. The quantitative estimate of drug-likeness (QED) is 0.674. The third-order valence-corrected chi connectivity index (χ3v) is 4.65. The molecule has 0 saturated heterocycles. The van der Waals surface area contributed by atoms with E-state index in [1.54, 1.807) is 0 Å². The smallest absolute Gasteiger partial charge is 0.0539 e. The van der Waals surface area contributed by atoms with Gasteiger partial charge in [0, 0.05) is 5.03 Å². The SMILES string of the molecule is CC1=C(Cl)C(C)(c2ccccc2)c2ccccc21. The fourth-order valence-electron chi connectivity index (χ4n) is 2.91. The van der Waals surface area contributed by atoms with Gasteiger partial charge in [-0.05, 0) is 36.1 Å². The normalized spacial score (nSPS) is 22.2. The molecule has 0 saturated carbocycles. The highest BCUT2D eigenvalue weighted by atomic mass is 35.5. The molecule has 0 fully saturated rings. The molecule has 0 spiro atoms. The minimum Gasteiger partial charge on any atom is -0.0875 e. The maximum Gasteiger partial charge on any atom is 0.0539 e. The Kier molecular flexibility index (Phi) is 2.57. The molecule has 0 aliphatic heterocycles. The molecule has 1 heteroatoms. The molecule has 3 rings (SSSR count). The first-order valence-corrected chi connectivity index (χ1v) is 6.55. The first kappa shape index (κ1) is 11.6. The molecule has 90 valence electrons. The van der Waals surface area contributed by atoms with E-state index in [1.807, 2.05) is 6.07 Å². The molecule has 0 nitrogen and oxygen atoms in total. The van der Waals surface area contributed by atoms with Crippen molar-refractivity contribution in [1.82, 2.24) is 0 Å². The summed E-state index contributed by atoms with van der Waals surface area (Å²) in [4.78, 5) is 0. The molecule has 2 aromatic carbocycles. The third kappa shape index (κ3) is 1.39. The van der Waals surface area contributed by atoms with Gasteiger partial charge >= 0.3 is 0 Å². The van der Waals surface area contributed by atoms with E-state index in [4.69, 9.17) is 11.6 Å². The van der Waals surface area contributed by atoms with Crippen molar-refractivity contribution in [3.8, 4) is 0 Å². The maximum absolute atomic E-state index is 6.65. The molecule has 0 N–H and O–H groups in total. The number of halogens is 1. The van der Waals surface area contributed by atoms with Gasteiger partial charge in [-0.15, -0.1) is 0 Å². The second-order valence-corrected chi connectivity index (χ2v) is 5.35. The van der Waals surface area contributed by atoms with E-state index in [0.29, 0.717) is 0 Å². The van der Waals surface area contributed by atoms with E-state index in [9.17, 15) is 0 Å². The Hall–Kier alpha value is -1.53. The average Bonchev–Trinajstić information content (AvgIpc) is 2.64. The molecule has 0 bridgehead atoms. The minimum atomic E-state index is -0.205. The van der Waals surface area contributed by atoms with Crippen LogP contribution in [-0.4, -0.2) is 0 Å². The van der Waals surface area contributed by atoms with Gasteiger partial charge in [-0.25, -0.2) is 0 Å². The van der Waals surface area contributed by atoms with Crippen LogP contribution in [0, 0.1) is 0 Å². The second kappa shape index (κ2) is 4.00. The first-order valence-electron chi connectivity index (χ1n) is 6.18. The monoisotopic (exact) mass is 254 g/mol. The Morgan fingerprint density at radius 3 is 2.22 bits per heavy atom. The van der Waals surface area contributed by atoms with E-state index >= 15 is 0 Å². The second-order valence-electron chi connectivity index (χ2n) is 4.98. The number of benzene rings is 2. The van der Waals surface area contributed by atoms with E-state index in [-0.39, 0.29) is 5.41 Å². The standard InChI is InChI=1S/C17H15Cl/c1-12-14-10-6-7-11-15(14)17(2,16(12)18)13-8-4-3-5-9-13/h3-11H,1-2H3. The van der Waals surface area contributed by atoms with Gasteiger partial charge in [-0.3, -0.25) is 0 Å². The van der Waals surface area contributed by atoms with Crippen LogP contribution in [0.3, 0.4) is 0 Å². The lowest BCUT2D eigenvalue weighted by Crippen LogP contribution is -2.21. The summed E-state index contributed by atoms with van der Waals surface area (Å²) < 4.78 is 0. The van der Waals surface area contributed by atoms with Gasteiger partial charge in [0.15, 0.2) is 0 Å². The first-order chi connectivity index (χ1) is 8.65. The molecule has 1 unspecified atom stereocenters. The molecule has 0 amide bonds. The number of hydrogen-bond acceptors (Lipinski definition) is 0. The summed E-state index contributed by atoms with van der Waals surface area (Å²) in [6.07, 6.45) is 0. The van der Waals surface area contributed by atoms with Gasteiger partial charge in [0.2, 0.25) is 0 Å². The lowest BCUT2D eigenvalue weighted by molar-refractivity contribution is 0.723. The van der Waals surface area contributed by atoms with Crippen LogP contribution in [0.15, 0.2) is 59.6 Å². The zero-order valence-electron chi connectivity index (χ0n) is 10.6. The topological polar surface area (TPSA) is 0 Å². The van der Waals surface area contributed by atoms with E-state index in [2.05, 4.69) is 62.4 Å². The van der Waals surface area contributed by atoms with Crippen molar-refractivity contribution < 1.29 is 0 Å². The Labute approximate surface area is 113 Å². The van der Waals surface area contributed by atoms with Gasteiger partial charge < -0.3 is 0 Å². The van der Waals surface area contributed by atoms with Gasteiger partial charge in [0.25, 0.3) is 0 Å². The number of rotatable bonds is 1. The molecule has 18 heavy (non-hydrogen) atoms. The molecule has 0 heterocycles. The number of hydrogen-bond donors (Lipinski definition) is 0. The molecule has 2 aromatic rings. The van der Waals surface area contributed by atoms with Crippen molar-refractivity contribution in [2.24, 2.45) is 0 Å². The van der Waals surface area contributed by atoms with Crippen molar-refractivity contribution in [3.63, 3.8) is 0 Å². The molecule has 0 aromatic heterocycles. The number of allylic oxidation sites excluding steroid dienone is 2. The average molecular weight is 255 g/mol. The van der Waals surface area contributed by atoms with Gasteiger partial charge in [-0.2, -0.15) is 0 Å². The van der Waals surface area contributed by atoms with Gasteiger partial charge in [0.05, 0.1) is 5.41 Å². The van der Waals surface area contributed by atoms with Crippen LogP contribution in [-0.2, 0) is 5.41 Å². The van der Waals surface area contributed by atoms with Crippen molar-refractivity contribution in [2.75, 3.05) is 0 Å². The van der Waals surface area contributed by atoms with E-state index < -0.39 is 0 Å².